The van der Waals surface area contributed by atoms with E-state index in [1.165, 1.54) is 54.7 Å². The van der Waals surface area contributed by atoms with E-state index in [9.17, 15) is 18.7 Å². The minimum Gasteiger partial charge on any atom is -0.380 e. The second-order valence-corrected chi connectivity index (χ2v) is 9.46. The molecule has 1 aliphatic heterocycles. The molecular formula is C29H28F2N4O3. The lowest BCUT2D eigenvalue weighted by Gasteiger charge is -2.38. The number of methoxy groups -OCH3 is 1. The molecule has 2 atom stereocenters. The van der Waals surface area contributed by atoms with Crippen LogP contribution >= 0.6 is 0 Å². The molecule has 0 unspecified atom stereocenters. The van der Waals surface area contributed by atoms with Gasteiger partial charge in [-0.15, -0.1) is 5.10 Å². The Morgan fingerprint density at radius 1 is 0.974 bits per heavy atom. The Balaban J connectivity index is 1.49. The lowest BCUT2D eigenvalue weighted by Crippen LogP contribution is -2.52. The summed E-state index contributed by atoms with van der Waals surface area (Å²) in [5, 5.41) is 20.5. The highest BCUT2D eigenvalue weighted by molar-refractivity contribution is 5.75. The largest absolute Gasteiger partial charge is 0.380 e. The predicted octanol–water partition coefficient (Wildman–Crippen LogP) is 4.53. The Labute approximate surface area is 219 Å². The summed E-state index contributed by atoms with van der Waals surface area (Å²) in [5.41, 5.74) is -0.152. The SMILES string of the molecule is CO[C@@H]1CC[C@H](Cc2ccccc2)N(C(=O)n2ncc(C(O)(c3ccc(F)cc3)c3ccc(F)cc3)n2)C1. The van der Waals surface area contributed by atoms with E-state index in [1.807, 2.05) is 30.3 Å². The van der Waals surface area contributed by atoms with Gasteiger partial charge in [0.1, 0.15) is 17.3 Å². The number of piperidine rings is 1. The zero-order chi connectivity index (χ0) is 26.7. The second-order valence-electron chi connectivity index (χ2n) is 9.46. The number of carbonyl (C=O) groups excluding carboxylic acids is 1. The molecule has 1 fully saturated rings. The van der Waals surface area contributed by atoms with Crippen LogP contribution in [0.3, 0.4) is 0 Å². The van der Waals surface area contributed by atoms with Crippen LogP contribution in [0.5, 0.6) is 0 Å². The zero-order valence-corrected chi connectivity index (χ0v) is 20.9. The number of aromatic nitrogens is 3. The van der Waals surface area contributed by atoms with Crippen molar-refractivity contribution in [3.8, 4) is 0 Å². The van der Waals surface area contributed by atoms with Crippen molar-refractivity contribution in [3.05, 3.63) is 119 Å². The molecule has 196 valence electrons. The number of ether oxygens (including phenoxy) is 1. The maximum absolute atomic E-state index is 13.7. The number of benzene rings is 3. The minimum absolute atomic E-state index is 0.0453. The third-order valence-electron chi connectivity index (χ3n) is 7.11. The van der Waals surface area contributed by atoms with Crippen LogP contribution in [-0.4, -0.2) is 56.8 Å². The average molecular weight is 519 g/mol. The zero-order valence-electron chi connectivity index (χ0n) is 20.9. The van der Waals surface area contributed by atoms with Gasteiger partial charge in [-0.3, -0.25) is 0 Å². The molecular weight excluding hydrogens is 490 g/mol. The molecule has 0 radical (unpaired) electrons. The van der Waals surface area contributed by atoms with Crippen LogP contribution in [0.4, 0.5) is 13.6 Å². The third-order valence-corrected chi connectivity index (χ3v) is 7.11. The molecule has 2 heterocycles. The molecule has 3 aromatic carbocycles. The average Bonchev–Trinajstić information content (AvgIpc) is 3.45. The van der Waals surface area contributed by atoms with Crippen LogP contribution in [0.2, 0.25) is 0 Å². The van der Waals surface area contributed by atoms with Crippen LogP contribution < -0.4 is 0 Å². The quantitative estimate of drug-likeness (QED) is 0.406. The number of halogens is 2. The van der Waals surface area contributed by atoms with Crippen molar-refractivity contribution < 1.29 is 23.4 Å². The van der Waals surface area contributed by atoms with Crippen molar-refractivity contribution in [2.75, 3.05) is 13.7 Å². The summed E-state index contributed by atoms with van der Waals surface area (Å²) in [7, 11) is 1.63. The highest BCUT2D eigenvalue weighted by Gasteiger charge is 2.39. The molecule has 1 N–H and O–H groups in total. The molecule has 7 nitrogen and oxygen atoms in total. The van der Waals surface area contributed by atoms with Gasteiger partial charge >= 0.3 is 6.03 Å². The third kappa shape index (κ3) is 5.07. The van der Waals surface area contributed by atoms with Crippen molar-refractivity contribution in [2.24, 2.45) is 0 Å². The van der Waals surface area contributed by atoms with Crippen molar-refractivity contribution in [3.63, 3.8) is 0 Å². The number of hydrogen-bond acceptors (Lipinski definition) is 5. The monoisotopic (exact) mass is 518 g/mol. The van der Waals surface area contributed by atoms with Crippen LogP contribution in [0.1, 0.15) is 35.2 Å². The highest BCUT2D eigenvalue weighted by atomic mass is 19.1. The normalized spacial score (nSPS) is 17.9. The number of hydrogen-bond donors (Lipinski definition) is 1. The molecule has 1 aromatic heterocycles. The summed E-state index contributed by atoms with van der Waals surface area (Å²) in [4.78, 5) is 16.4. The molecule has 0 spiro atoms. The fourth-order valence-electron chi connectivity index (χ4n) is 5.00. The van der Waals surface area contributed by atoms with E-state index in [-0.39, 0.29) is 17.8 Å². The maximum Gasteiger partial charge on any atom is 0.362 e. The van der Waals surface area contributed by atoms with Crippen molar-refractivity contribution in [2.45, 2.75) is 37.0 Å². The van der Waals surface area contributed by atoms with Gasteiger partial charge in [-0.25, -0.2) is 13.6 Å². The van der Waals surface area contributed by atoms with Gasteiger partial charge in [0.05, 0.1) is 12.3 Å². The molecule has 9 heteroatoms. The molecule has 0 saturated carbocycles. The summed E-state index contributed by atoms with van der Waals surface area (Å²) >= 11 is 0. The Morgan fingerprint density at radius 3 is 2.16 bits per heavy atom. The van der Waals surface area contributed by atoms with Gasteiger partial charge in [0.25, 0.3) is 0 Å². The summed E-state index contributed by atoms with van der Waals surface area (Å²) in [5.74, 6) is -0.951. The van der Waals surface area contributed by atoms with Gasteiger partial charge in [-0.2, -0.15) is 5.10 Å². The summed E-state index contributed by atoms with van der Waals surface area (Å²) in [6, 6.07) is 20.0. The standard InChI is InChI=1S/C29H28F2N4O3/c1-38-26-16-15-25(17-20-5-3-2-4-6-20)34(19-26)28(36)35-32-18-27(33-35)29(37,21-7-11-23(30)12-8-21)22-9-13-24(31)14-10-22/h2-14,18,25-26,37H,15-17,19H2,1H3/t25-,26-/m1/s1. The van der Waals surface area contributed by atoms with Crippen molar-refractivity contribution in [1.82, 2.24) is 19.9 Å². The summed E-state index contributed by atoms with van der Waals surface area (Å²) in [6.07, 6.45) is 3.43. The molecule has 38 heavy (non-hydrogen) atoms. The molecule has 0 bridgehead atoms. The molecule has 1 amide bonds. The first-order chi connectivity index (χ1) is 18.4. The first-order valence-electron chi connectivity index (χ1n) is 12.4. The minimum atomic E-state index is -1.90. The van der Waals surface area contributed by atoms with Crippen LogP contribution in [-0.2, 0) is 16.8 Å². The number of aliphatic hydroxyl groups is 1. The maximum atomic E-state index is 13.7. The van der Waals surface area contributed by atoms with Gasteiger partial charge in [-0.05, 0) is 60.2 Å². The van der Waals surface area contributed by atoms with Crippen LogP contribution in [0.15, 0.2) is 85.1 Å². The van der Waals surface area contributed by atoms with E-state index < -0.39 is 23.3 Å². The lowest BCUT2D eigenvalue weighted by atomic mass is 9.84. The first-order valence-corrected chi connectivity index (χ1v) is 12.4. The smallest absolute Gasteiger partial charge is 0.362 e. The first kappa shape index (κ1) is 25.7. The summed E-state index contributed by atoms with van der Waals surface area (Å²) < 4.78 is 32.9. The van der Waals surface area contributed by atoms with Crippen molar-refractivity contribution >= 4 is 6.03 Å². The van der Waals surface area contributed by atoms with Gasteiger partial charge < -0.3 is 14.7 Å². The molecule has 4 aromatic rings. The van der Waals surface area contributed by atoms with Crippen LogP contribution in [0, 0.1) is 11.6 Å². The molecule has 1 saturated heterocycles. The second kappa shape index (κ2) is 10.8. The van der Waals surface area contributed by atoms with Gasteiger partial charge in [0.2, 0.25) is 0 Å². The predicted molar refractivity (Wildman–Crippen MR) is 136 cm³/mol. The van der Waals surface area contributed by atoms with E-state index in [0.717, 1.165) is 23.2 Å². The molecule has 1 aliphatic rings. The van der Waals surface area contributed by atoms with E-state index in [0.29, 0.717) is 24.1 Å². The Morgan fingerprint density at radius 2 is 1.58 bits per heavy atom. The lowest BCUT2D eigenvalue weighted by molar-refractivity contribution is 0.0210. The van der Waals surface area contributed by atoms with E-state index in [2.05, 4.69) is 10.2 Å². The van der Waals surface area contributed by atoms with Gasteiger partial charge in [0.15, 0.2) is 5.60 Å². The van der Waals surface area contributed by atoms with E-state index in [4.69, 9.17) is 4.74 Å². The fraction of sp³-hybridized carbons (Fsp3) is 0.276. The Hall–Kier alpha value is -3.95. The molecule has 5 rings (SSSR count). The van der Waals surface area contributed by atoms with Crippen molar-refractivity contribution in [1.29, 1.82) is 0 Å². The molecule has 0 aliphatic carbocycles. The Kier molecular flexibility index (Phi) is 7.31. The van der Waals surface area contributed by atoms with E-state index in [1.54, 1.807) is 12.0 Å². The number of amides is 1. The number of nitrogens with zero attached hydrogens (tertiary/aromatic N) is 4. The number of likely N-dealkylation sites (tertiary alicyclic amines) is 1. The van der Waals surface area contributed by atoms with Crippen LogP contribution in [0.25, 0.3) is 0 Å². The van der Waals surface area contributed by atoms with E-state index >= 15 is 0 Å². The number of rotatable bonds is 6. The summed E-state index contributed by atoms with van der Waals surface area (Å²) in [6.45, 7) is 0.379. The van der Waals surface area contributed by atoms with Gasteiger partial charge in [0, 0.05) is 19.7 Å². The fourth-order valence-corrected chi connectivity index (χ4v) is 5.00. The highest BCUT2D eigenvalue weighted by Crippen LogP contribution is 2.35. The topological polar surface area (TPSA) is 80.5 Å². The van der Waals surface area contributed by atoms with Gasteiger partial charge in [-0.1, -0.05) is 59.4 Å². The number of carbonyl (C=O) groups is 1. The Bertz CT molecular complexity index is 1330.